The molecule has 2 aromatic rings. The summed E-state index contributed by atoms with van der Waals surface area (Å²) >= 11 is 0. The van der Waals surface area contributed by atoms with Crippen molar-refractivity contribution in [3.05, 3.63) is 30.1 Å². The summed E-state index contributed by atoms with van der Waals surface area (Å²) in [6.45, 7) is 13.8. The molecule has 2 rings (SSSR count). The molecule has 0 unspecified atom stereocenters. The Kier molecular flexibility index (Phi) is 5.50. The van der Waals surface area contributed by atoms with Crippen LogP contribution in [0.15, 0.2) is 24.5 Å². The van der Waals surface area contributed by atoms with E-state index in [0.717, 1.165) is 11.0 Å². The van der Waals surface area contributed by atoms with Crippen LogP contribution in [-0.2, 0) is 4.84 Å². The molecule has 132 valence electrons. The lowest BCUT2D eigenvalue weighted by atomic mass is 10.2. The second-order valence-electron chi connectivity index (χ2n) is 7.27. The first-order chi connectivity index (χ1) is 11.3. The molecule has 0 spiro atoms. The minimum Gasteiger partial charge on any atom is -0.358 e. The summed E-state index contributed by atoms with van der Waals surface area (Å²) < 4.78 is 2.35. The maximum atomic E-state index is 12.4. The number of amides is 1. The zero-order valence-corrected chi connectivity index (χ0v) is 16.8. The summed E-state index contributed by atoms with van der Waals surface area (Å²) in [5, 5.41) is 0.880. The Morgan fingerprint density at radius 2 is 1.75 bits per heavy atom. The lowest BCUT2D eigenvalue weighted by Crippen LogP contribution is -2.51. The fourth-order valence-electron chi connectivity index (χ4n) is 4.52. The quantitative estimate of drug-likeness (QED) is 0.624. The number of carbonyl (C=O) groups is 1. The molecule has 0 saturated carbocycles. The number of hydrogen-bond acceptors (Lipinski definition) is 3. The third kappa shape index (κ3) is 2.78. The largest absolute Gasteiger partial charge is 0.358 e. The van der Waals surface area contributed by atoms with Gasteiger partial charge in [-0.25, -0.2) is 10.5 Å². The third-order valence-corrected chi connectivity index (χ3v) is 11.9. The lowest BCUT2D eigenvalue weighted by molar-refractivity contribution is 0.0539. The van der Waals surface area contributed by atoms with E-state index in [9.17, 15) is 4.79 Å². The van der Waals surface area contributed by atoms with Crippen LogP contribution in [0.25, 0.3) is 11.0 Å². The van der Waals surface area contributed by atoms with E-state index in [-0.39, 0.29) is 5.91 Å². The molecule has 0 bridgehead atoms. The van der Waals surface area contributed by atoms with Gasteiger partial charge in [0.1, 0.15) is 5.65 Å². The number of hydroxylamine groups is 1. The van der Waals surface area contributed by atoms with Crippen LogP contribution in [0.4, 0.5) is 0 Å². The van der Waals surface area contributed by atoms with E-state index < -0.39 is 8.24 Å². The van der Waals surface area contributed by atoms with Crippen molar-refractivity contribution >= 4 is 25.2 Å². The normalized spacial score (nSPS) is 12.6. The van der Waals surface area contributed by atoms with Crippen LogP contribution in [0.3, 0.4) is 0 Å². The minimum atomic E-state index is -1.98. The first-order valence-electron chi connectivity index (χ1n) is 8.58. The second-order valence-corrected chi connectivity index (χ2v) is 13.0. The Hall–Kier alpha value is -1.66. The van der Waals surface area contributed by atoms with Gasteiger partial charge in [-0.1, -0.05) is 41.5 Å². The van der Waals surface area contributed by atoms with Crippen LogP contribution in [0.5, 0.6) is 0 Å². The average molecular weight is 348 g/mol. The fraction of sp³-hybridized carbons (Fsp3) is 0.556. The number of rotatable bonds is 6. The van der Waals surface area contributed by atoms with Gasteiger partial charge in [-0.2, -0.15) is 0 Å². The highest BCUT2D eigenvalue weighted by Gasteiger charge is 2.46. The van der Waals surface area contributed by atoms with Crippen LogP contribution in [0.2, 0.25) is 16.6 Å². The van der Waals surface area contributed by atoms with E-state index in [1.165, 1.54) is 7.11 Å². The number of aromatic nitrogens is 2. The highest BCUT2D eigenvalue weighted by Crippen LogP contribution is 2.44. The summed E-state index contributed by atoms with van der Waals surface area (Å²) in [6.07, 6.45) is 3.80. The van der Waals surface area contributed by atoms with E-state index in [4.69, 9.17) is 4.84 Å². The predicted molar refractivity (Wildman–Crippen MR) is 101 cm³/mol. The van der Waals surface area contributed by atoms with Crippen LogP contribution in [0.1, 0.15) is 51.9 Å². The molecule has 24 heavy (non-hydrogen) atoms. The van der Waals surface area contributed by atoms with E-state index in [1.54, 1.807) is 6.20 Å². The van der Waals surface area contributed by atoms with Gasteiger partial charge < -0.3 is 4.23 Å². The number of fused-ring (bicyclic) bond motifs is 1. The van der Waals surface area contributed by atoms with Gasteiger partial charge >= 0.3 is 0 Å². The molecule has 6 heteroatoms. The first kappa shape index (κ1) is 18.7. The third-order valence-electron chi connectivity index (χ3n) is 5.19. The van der Waals surface area contributed by atoms with Gasteiger partial charge in [-0.3, -0.25) is 9.63 Å². The molecular weight excluding hydrogens is 318 g/mol. The second kappa shape index (κ2) is 7.07. The molecule has 0 aromatic carbocycles. The Morgan fingerprint density at radius 3 is 2.25 bits per heavy atom. The highest BCUT2D eigenvalue weighted by atomic mass is 28.3. The average Bonchev–Trinajstić information content (AvgIpc) is 2.87. The molecule has 5 nitrogen and oxygen atoms in total. The zero-order valence-electron chi connectivity index (χ0n) is 15.8. The van der Waals surface area contributed by atoms with Crippen molar-refractivity contribution in [1.29, 1.82) is 0 Å². The lowest BCUT2D eigenvalue weighted by Gasteiger charge is -2.44. The summed E-state index contributed by atoms with van der Waals surface area (Å²) in [5.74, 6) is -0.228. The van der Waals surface area contributed by atoms with Gasteiger partial charge in [0.05, 0.1) is 12.7 Å². The molecule has 0 fully saturated rings. The molecule has 1 amide bonds. The Bertz CT molecular complexity index is 700. The van der Waals surface area contributed by atoms with Crippen molar-refractivity contribution in [2.75, 3.05) is 7.11 Å². The highest BCUT2D eigenvalue weighted by molar-refractivity contribution is 6.82. The Balaban J connectivity index is 2.82. The van der Waals surface area contributed by atoms with Crippen molar-refractivity contribution in [1.82, 2.24) is 14.7 Å². The van der Waals surface area contributed by atoms with Crippen LogP contribution in [-0.4, -0.2) is 30.5 Å². The smallest absolute Gasteiger partial charge is 0.277 e. The number of nitrogens with zero attached hydrogens (tertiary/aromatic N) is 2. The standard InChI is InChI=1S/C18H29N3O2Si/c1-12(2)24(13(3)4,14(5)6)21-11-16(18(22)20-23-7)15-9-8-10-19-17(15)21/h8-14H,1-7H3,(H,20,22). The summed E-state index contributed by atoms with van der Waals surface area (Å²) in [4.78, 5) is 21.9. The van der Waals surface area contributed by atoms with E-state index in [0.29, 0.717) is 22.2 Å². The molecular formula is C18H29N3O2Si. The number of hydrogen-bond donors (Lipinski definition) is 1. The first-order valence-corrected chi connectivity index (χ1v) is 10.8. The predicted octanol–water partition coefficient (Wildman–Crippen LogP) is 4.35. The van der Waals surface area contributed by atoms with Crippen LogP contribution < -0.4 is 5.48 Å². The SMILES string of the molecule is CONC(=O)c1cn([Si](C(C)C)(C(C)C)C(C)C)c2ncccc12. The van der Waals surface area contributed by atoms with Gasteiger partial charge in [-0.05, 0) is 28.8 Å². The summed E-state index contributed by atoms with van der Waals surface area (Å²) in [5.41, 5.74) is 5.53. The summed E-state index contributed by atoms with van der Waals surface area (Å²) in [7, 11) is -0.534. The molecule has 1 N–H and O–H groups in total. The molecule has 2 aromatic heterocycles. The van der Waals surface area contributed by atoms with Gasteiger partial charge in [0.15, 0.2) is 8.24 Å². The van der Waals surface area contributed by atoms with Gasteiger partial charge in [0, 0.05) is 17.8 Å². The molecule has 0 aliphatic carbocycles. The zero-order chi connectivity index (χ0) is 18.1. The minimum absolute atomic E-state index is 0.228. The topological polar surface area (TPSA) is 56.1 Å². The van der Waals surface area contributed by atoms with Crippen LogP contribution in [0, 0.1) is 0 Å². The maximum Gasteiger partial charge on any atom is 0.277 e. The fourth-order valence-corrected chi connectivity index (χ4v) is 11.1. The van der Waals surface area contributed by atoms with Crippen molar-refractivity contribution in [3.8, 4) is 0 Å². The molecule has 0 aliphatic heterocycles. The molecule has 0 aliphatic rings. The van der Waals surface area contributed by atoms with E-state index >= 15 is 0 Å². The number of pyridine rings is 1. The van der Waals surface area contributed by atoms with E-state index in [2.05, 4.69) is 56.2 Å². The molecule has 2 heterocycles. The van der Waals surface area contributed by atoms with Crippen molar-refractivity contribution in [2.45, 2.75) is 58.2 Å². The van der Waals surface area contributed by atoms with Crippen molar-refractivity contribution in [3.63, 3.8) is 0 Å². The van der Waals surface area contributed by atoms with Crippen molar-refractivity contribution in [2.24, 2.45) is 0 Å². The maximum absolute atomic E-state index is 12.4. The van der Waals surface area contributed by atoms with E-state index in [1.807, 2.05) is 18.3 Å². The molecule has 0 atom stereocenters. The van der Waals surface area contributed by atoms with Gasteiger partial charge in [0.25, 0.3) is 5.91 Å². The van der Waals surface area contributed by atoms with Crippen LogP contribution >= 0.6 is 0 Å². The van der Waals surface area contributed by atoms with Gasteiger partial charge in [-0.15, -0.1) is 0 Å². The number of nitrogens with one attached hydrogen (secondary N) is 1. The summed E-state index contributed by atoms with van der Waals surface area (Å²) in [6, 6.07) is 3.84. The monoisotopic (exact) mass is 347 g/mol. The van der Waals surface area contributed by atoms with Crippen molar-refractivity contribution < 1.29 is 9.63 Å². The number of carbonyl (C=O) groups excluding carboxylic acids is 1. The Labute approximate surface area is 145 Å². The Morgan fingerprint density at radius 1 is 1.17 bits per heavy atom. The van der Waals surface area contributed by atoms with Gasteiger partial charge in [0.2, 0.25) is 0 Å². The molecule has 0 radical (unpaired) electrons. The molecule has 0 saturated heterocycles.